The van der Waals surface area contributed by atoms with Gasteiger partial charge in [0.1, 0.15) is 0 Å². The molecule has 0 bridgehead atoms. The normalized spacial score (nSPS) is 22.4. The molecule has 2 aromatic carbocycles. The highest BCUT2D eigenvalue weighted by Gasteiger charge is 2.38. The molecule has 4 rings (SSSR count). The van der Waals surface area contributed by atoms with E-state index in [1.807, 2.05) is 0 Å². The predicted molar refractivity (Wildman–Crippen MR) is 131 cm³/mol. The van der Waals surface area contributed by atoms with Gasteiger partial charge in [-0.2, -0.15) is 0 Å². The first kappa shape index (κ1) is 20.7. The Morgan fingerprint density at radius 3 is 1.33 bits per heavy atom. The summed E-state index contributed by atoms with van der Waals surface area (Å²) in [5.41, 5.74) is 11.9. The Kier molecular flexibility index (Phi) is 5.95. The van der Waals surface area contributed by atoms with Crippen LogP contribution in [0.3, 0.4) is 0 Å². The molecule has 30 heavy (non-hydrogen) atoms. The van der Waals surface area contributed by atoms with E-state index in [2.05, 4.69) is 107 Å². The maximum atomic E-state index is 2.48. The molecule has 0 heterocycles. The summed E-state index contributed by atoms with van der Waals surface area (Å²) in [6.07, 6.45) is 7.13. The first-order valence-electron chi connectivity index (χ1n) is 11.5. The molecule has 0 spiro atoms. The van der Waals surface area contributed by atoms with Gasteiger partial charge in [-0.15, -0.1) is 0 Å². The topological polar surface area (TPSA) is 0 Å². The van der Waals surface area contributed by atoms with Crippen molar-refractivity contribution in [3.63, 3.8) is 0 Å². The number of allylic oxidation sites excluding steroid dienone is 8. The second-order valence-corrected chi connectivity index (χ2v) is 8.91. The molecule has 0 saturated carbocycles. The zero-order valence-electron chi connectivity index (χ0n) is 19.1. The van der Waals surface area contributed by atoms with Gasteiger partial charge in [-0.1, -0.05) is 116 Å². The first-order chi connectivity index (χ1) is 14.6. The molecule has 154 valence electrons. The smallest absolute Gasteiger partial charge is 0.00511 e. The third-order valence-corrected chi connectivity index (χ3v) is 7.15. The van der Waals surface area contributed by atoms with Gasteiger partial charge >= 0.3 is 0 Å². The summed E-state index contributed by atoms with van der Waals surface area (Å²) < 4.78 is 0. The molecular weight excluding hydrogens is 360 g/mol. The van der Waals surface area contributed by atoms with Gasteiger partial charge in [0.2, 0.25) is 0 Å². The largest absolute Gasteiger partial charge is 0.0652 e. The van der Waals surface area contributed by atoms with E-state index < -0.39 is 0 Å². The highest BCUT2D eigenvalue weighted by molar-refractivity contribution is 5.83. The van der Waals surface area contributed by atoms with Crippen LogP contribution in [-0.4, -0.2) is 0 Å². The lowest BCUT2D eigenvalue weighted by Gasteiger charge is -2.32. The van der Waals surface area contributed by atoms with Crippen molar-refractivity contribution < 1.29 is 0 Å². The third kappa shape index (κ3) is 3.54. The van der Waals surface area contributed by atoms with Crippen LogP contribution in [-0.2, 0) is 0 Å². The minimum absolute atomic E-state index is 0.523. The molecule has 0 nitrogen and oxygen atoms in total. The fraction of sp³-hybridized carbons (Fsp3) is 0.333. The van der Waals surface area contributed by atoms with E-state index >= 15 is 0 Å². The zero-order valence-corrected chi connectivity index (χ0v) is 19.1. The molecule has 0 aromatic heterocycles. The Labute approximate surface area is 182 Å². The second kappa shape index (κ2) is 8.64. The van der Waals surface area contributed by atoms with Crippen molar-refractivity contribution in [3.8, 4) is 0 Å². The molecule has 0 amide bonds. The van der Waals surface area contributed by atoms with E-state index in [0.717, 1.165) is 12.8 Å². The highest BCUT2D eigenvalue weighted by Crippen LogP contribution is 2.50. The van der Waals surface area contributed by atoms with Crippen LogP contribution in [0.25, 0.3) is 11.1 Å². The summed E-state index contributed by atoms with van der Waals surface area (Å²) in [4.78, 5) is 0. The molecule has 2 aliphatic rings. The van der Waals surface area contributed by atoms with Crippen molar-refractivity contribution in [2.75, 3.05) is 0 Å². The van der Waals surface area contributed by atoms with Crippen LogP contribution >= 0.6 is 0 Å². The summed E-state index contributed by atoms with van der Waals surface area (Å²) in [7, 11) is 0. The van der Waals surface area contributed by atoms with E-state index in [1.54, 1.807) is 11.1 Å². The van der Waals surface area contributed by atoms with Crippen LogP contribution < -0.4 is 0 Å². The van der Waals surface area contributed by atoms with Crippen LogP contribution in [0.15, 0.2) is 95.1 Å². The van der Waals surface area contributed by atoms with E-state index in [0.29, 0.717) is 17.8 Å². The van der Waals surface area contributed by atoms with Crippen molar-refractivity contribution in [1.82, 2.24) is 0 Å². The lowest BCUT2D eigenvalue weighted by atomic mass is 9.71. The summed E-state index contributed by atoms with van der Waals surface area (Å²) >= 11 is 0. The molecule has 2 atom stereocenters. The number of hydrogen-bond donors (Lipinski definition) is 0. The van der Waals surface area contributed by atoms with Gasteiger partial charge in [0.25, 0.3) is 0 Å². The molecule has 0 fully saturated rings. The summed E-state index contributed by atoms with van der Waals surface area (Å²) in [6.45, 7) is 11.8. The van der Waals surface area contributed by atoms with Crippen LogP contribution in [0.5, 0.6) is 0 Å². The van der Waals surface area contributed by atoms with Gasteiger partial charge in [0, 0.05) is 11.8 Å². The zero-order chi connectivity index (χ0) is 21.3. The van der Waals surface area contributed by atoms with E-state index in [4.69, 9.17) is 0 Å². The van der Waals surface area contributed by atoms with Crippen molar-refractivity contribution in [1.29, 1.82) is 0 Å². The Morgan fingerprint density at radius 2 is 1.00 bits per heavy atom. The highest BCUT2D eigenvalue weighted by atomic mass is 14.4. The Hall–Kier alpha value is -2.60. The molecule has 0 N–H and O–H groups in total. The van der Waals surface area contributed by atoms with Gasteiger partial charge in [0.15, 0.2) is 0 Å². The van der Waals surface area contributed by atoms with Gasteiger partial charge in [-0.25, -0.2) is 0 Å². The molecule has 2 aliphatic carbocycles. The summed E-state index contributed by atoms with van der Waals surface area (Å²) in [5, 5.41) is 0. The van der Waals surface area contributed by atoms with E-state index in [-0.39, 0.29) is 0 Å². The van der Waals surface area contributed by atoms with Gasteiger partial charge < -0.3 is 0 Å². The number of rotatable bonds is 6. The Morgan fingerprint density at radius 1 is 0.633 bits per heavy atom. The monoisotopic (exact) mass is 394 g/mol. The van der Waals surface area contributed by atoms with E-state index in [9.17, 15) is 0 Å². The Bertz CT molecular complexity index is 942. The van der Waals surface area contributed by atoms with Gasteiger partial charge in [-0.3, -0.25) is 0 Å². The van der Waals surface area contributed by atoms with Crippen LogP contribution in [0.4, 0.5) is 0 Å². The Balaban J connectivity index is 1.74. The minimum Gasteiger partial charge on any atom is -0.0652 e. The van der Waals surface area contributed by atoms with Crippen molar-refractivity contribution >= 4 is 11.1 Å². The molecule has 0 heteroatoms. The SMILES string of the molecule is CCC1=C(c2ccccc2)C=C(C)C1C(C)C1C(C)=CC(c2ccccc2)=C1CC. The van der Waals surface area contributed by atoms with Crippen LogP contribution in [0.2, 0.25) is 0 Å². The predicted octanol–water partition coefficient (Wildman–Crippen LogP) is 8.50. The second-order valence-electron chi connectivity index (χ2n) is 8.91. The fourth-order valence-electron chi connectivity index (χ4n) is 5.96. The summed E-state index contributed by atoms with van der Waals surface area (Å²) in [6, 6.07) is 21.9. The number of benzene rings is 2. The maximum absolute atomic E-state index is 2.48. The minimum atomic E-state index is 0.523. The maximum Gasteiger partial charge on any atom is 0.00511 e. The molecular formula is C30H34. The number of hydrogen-bond acceptors (Lipinski definition) is 0. The van der Waals surface area contributed by atoms with Gasteiger partial charge in [0.05, 0.1) is 0 Å². The average Bonchev–Trinajstić information content (AvgIpc) is 3.30. The van der Waals surface area contributed by atoms with Crippen molar-refractivity contribution in [2.24, 2.45) is 17.8 Å². The average molecular weight is 395 g/mol. The summed E-state index contributed by atoms with van der Waals surface area (Å²) in [5.74, 6) is 1.61. The molecule has 0 aliphatic heterocycles. The van der Waals surface area contributed by atoms with E-state index in [1.165, 1.54) is 33.4 Å². The molecule has 0 saturated heterocycles. The lowest BCUT2D eigenvalue weighted by Crippen LogP contribution is -2.24. The third-order valence-electron chi connectivity index (χ3n) is 7.15. The van der Waals surface area contributed by atoms with Gasteiger partial charge in [-0.05, 0) is 54.9 Å². The van der Waals surface area contributed by atoms with Crippen LogP contribution in [0.1, 0.15) is 58.6 Å². The molecule has 2 aromatic rings. The van der Waals surface area contributed by atoms with Crippen molar-refractivity contribution in [3.05, 3.63) is 106 Å². The lowest BCUT2D eigenvalue weighted by molar-refractivity contribution is 0.374. The molecule has 2 unspecified atom stereocenters. The molecule has 0 radical (unpaired) electrons. The van der Waals surface area contributed by atoms with Crippen LogP contribution in [0, 0.1) is 17.8 Å². The fourth-order valence-corrected chi connectivity index (χ4v) is 5.96. The standard InChI is InChI=1S/C30H34/c1-6-25-27(23-14-10-8-11-15-23)18-20(3)29(25)22(5)30-21(4)19-28(26(30)7-2)24-16-12-9-13-17-24/h8-19,22,29-30H,6-7H2,1-5H3. The quantitative estimate of drug-likeness (QED) is 0.460. The van der Waals surface area contributed by atoms with Crippen molar-refractivity contribution in [2.45, 2.75) is 47.5 Å². The first-order valence-corrected chi connectivity index (χ1v) is 11.5.